The van der Waals surface area contributed by atoms with Crippen molar-refractivity contribution in [3.05, 3.63) is 190 Å². The first kappa shape index (κ1) is 39.7. The number of benzene rings is 6. The summed E-state index contributed by atoms with van der Waals surface area (Å²) in [5.41, 5.74) is 15.6. The molecule has 2 aliphatic carbocycles. The Balaban J connectivity index is 1.33. The molecule has 10 rings (SSSR count). The van der Waals surface area contributed by atoms with E-state index in [1.165, 1.54) is 66.8 Å². The molecule has 298 valence electrons. The Morgan fingerprint density at radius 2 is 0.933 bits per heavy atom. The molecule has 0 saturated heterocycles. The molecule has 0 aliphatic heterocycles. The van der Waals surface area contributed by atoms with Crippen molar-refractivity contribution in [3.63, 3.8) is 0 Å². The molecule has 0 N–H and O–H groups in total. The Kier molecular flexibility index (Phi) is 9.84. The first-order valence-electron chi connectivity index (χ1n) is 21.2. The number of furan rings is 2. The average Bonchev–Trinajstić information content (AvgIpc) is 4.06. The SMILES string of the molecule is CCc1ccccc1-c1c(C)ccc2c1C=C(c1occ3ccccc13)[CH]2[Zr]([Cl])([Cl])([CH]1C(c2occ3ccccc23)=Cc2c1ccc(C)c2-c1ccccc1CC)=[Si](C)C. The van der Waals surface area contributed by atoms with Gasteiger partial charge in [-0.2, -0.15) is 0 Å². The van der Waals surface area contributed by atoms with E-state index < -0.39 is 20.4 Å². The van der Waals surface area contributed by atoms with Crippen molar-refractivity contribution in [1.29, 1.82) is 0 Å². The van der Waals surface area contributed by atoms with E-state index in [2.05, 4.69) is 174 Å². The number of allylic oxidation sites excluding steroid dienone is 2. The number of rotatable bonds is 8. The van der Waals surface area contributed by atoms with Crippen molar-refractivity contribution in [2.45, 2.75) is 60.9 Å². The van der Waals surface area contributed by atoms with Gasteiger partial charge in [-0.05, 0) is 0 Å². The minimum absolute atomic E-state index is 0.274. The van der Waals surface area contributed by atoms with Crippen LogP contribution in [0.3, 0.4) is 0 Å². The monoisotopic (exact) mass is 916 g/mol. The topological polar surface area (TPSA) is 26.3 Å². The summed E-state index contributed by atoms with van der Waals surface area (Å²) in [6, 6.07) is 43.9. The summed E-state index contributed by atoms with van der Waals surface area (Å²) in [5, 5.41) is 4.29. The molecule has 6 heteroatoms. The molecule has 0 spiro atoms. The van der Waals surface area contributed by atoms with Crippen LogP contribution >= 0.6 is 17.0 Å². The average molecular weight is 919 g/mol. The van der Waals surface area contributed by atoms with Gasteiger partial charge < -0.3 is 0 Å². The van der Waals surface area contributed by atoms with Crippen LogP contribution in [-0.4, -0.2) is 5.43 Å². The van der Waals surface area contributed by atoms with Crippen molar-refractivity contribution in [1.82, 2.24) is 0 Å². The second kappa shape index (κ2) is 14.9. The van der Waals surface area contributed by atoms with Crippen LogP contribution in [-0.2, 0) is 27.9 Å². The van der Waals surface area contributed by atoms with E-state index in [1.54, 1.807) is 0 Å². The van der Waals surface area contributed by atoms with Crippen LogP contribution in [0.5, 0.6) is 0 Å². The second-order valence-electron chi connectivity index (χ2n) is 17.1. The van der Waals surface area contributed by atoms with Crippen LogP contribution in [0.4, 0.5) is 0 Å². The van der Waals surface area contributed by atoms with Gasteiger partial charge in [-0.15, -0.1) is 0 Å². The van der Waals surface area contributed by atoms with Crippen LogP contribution in [0.15, 0.2) is 143 Å². The first-order chi connectivity index (χ1) is 29.0. The zero-order chi connectivity index (χ0) is 41.5. The molecular formula is C54H48Cl2O2SiZr. The summed E-state index contributed by atoms with van der Waals surface area (Å²) >= 11 is -5.55. The third-order valence-corrected chi connectivity index (χ3v) is 60.0. The van der Waals surface area contributed by atoms with Gasteiger partial charge in [0.1, 0.15) is 0 Å². The van der Waals surface area contributed by atoms with E-state index in [0.717, 1.165) is 57.1 Å². The van der Waals surface area contributed by atoms with Crippen LogP contribution < -0.4 is 0 Å². The summed E-state index contributed by atoms with van der Waals surface area (Å²) in [7, 11) is 18.3. The maximum atomic E-state index is 9.17. The maximum absolute atomic E-state index is 9.17. The summed E-state index contributed by atoms with van der Waals surface area (Å²) < 4.78 is 12.9. The van der Waals surface area contributed by atoms with Gasteiger partial charge in [-0.3, -0.25) is 0 Å². The van der Waals surface area contributed by atoms with Gasteiger partial charge in [-0.1, -0.05) is 0 Å². The third kappa shape index (κ3) is 5.81. The third-order valence-electron chi connectivity index (χ3n) is 13.7. The van der Waals surface area contributed by atoms with Crippen molar-refractivity contribution in [3.8, 4) is 22.3 Å². The Hall–Kier alpha value is -4.44. The van der Waals surface area contributed by atoms with Gasteiger partial charge in [-0.25, -0.2) is 0 Å². The van der Waals surface area contributed by atoms with Gasteiger partial charge in [0.05, 0.1) is 0 Å². The fourth-order valence-electron chi connectivity index (χ4n) is 10.7. The Morgan fingerprint density at radius 3 is 1.35 bits per heavy atom. The normalized spacial score (nSPS) is 16.3. The summed E-state index contributed by atoms with van der Waals surface area (Å²) in [5.74, 6) is 1.72. The molecule has 0 saturated carbocycles. The number of halogens is 2. The number of fused-ring (bicyclic) bond motifs is 4. The fourth-order valence-corrected chi connectivity index (χ4v) is 38.3. The van der Waals surface area contributed by atoms with E-state index in [0.29, 0.717) is 0 Å². The van der Waals surface area contributed by atoms with E-state index >= 15 is 0 Å². The van der Waals surface area contributed by atoms with Gasteiger partial charge in [0.15, 0.2) is 0 Å². The van der Waals surface area contributed by atoms with Crippen LogP contribution in [0.1, 0.15) is 77.1 Å². The zero-order valence-electron chi connectivity index (χ0n) is 35.0. The predicted octanol–water partition coefficient (Wildman–Crippen LogP) is 16.4. The predicted molar refractivity (Wildman–Crippen MR) is 255 cm³/mol. The molecular weight excluding hydrogens is 871 g/mol. The van der Waals surface area contributed by atoms with Crippen molar-refractivity contribution in [2.75, 3.05) is 0 Å². The molecule has 2 aliphatic rings. The quantitative estimate of drug-likeness (QED) is 0.142. The van der Waals surface area contributed by atoms with Crippen molar-refractivity contribution < 1.29 is 23.8 Å². The van der Waals surface area contributed by atoms with Crippen molar-refractivity contribution >= 4 is 67.3 Å². The Labute approximate surface area is 361 Å². The molecule has 8 aromatic rings. The van der Waals surface area contributed by atoms with E-state index in [-0.39, 0.29) is 7.25 Å². The molecule has 0 bridgehead atoms. The van der Waals surface area contributed by atoms with Crippen molar-refractivity contribution in [2.24, 2.45) is 0 Å². The molecule has 2 heterocycles. The van der Waals surface area contributed by atoms with Gasteiger partial charge in [0.25, 0.3) is 0 Å². The molecule has 2 atom stereocenters. The zero-order valence-corrected chi connectivity index (χ0v) is 40.0. The fraction of sp³-hybridized carbons (Fsp3) is 0.185. The van der Waals surface area contributed by atoms with Gasteiger partial charge in [0, 0.05) is 0 Å². The Bertz CT molecular complexity index is 3000. The summed E-state index contributed by atoms with van der Waals surface area (Å²) in [6.45, 7) is 13.7. The standard InChI is InChI=1S/2C26H21O.C2H6Si.2ClH.Zr/c2*1-3-18-8-4-6-10-22(18)25-17(2)12-13-19-14-21(15-24(19)25)26-23-11-7-5-9-20(23)16-27-26;1-3-2;;;/h2*4-16H,3H2,1-2H3;1-2H3;2*1H;/q;;;;;+2/p-2. The number of aryl methyl sites for hydroxylation is 4. The molecule has 60 heavy (non-hydrogen) atoms. The molecule has 0 fully saturated rings. The second-order valence-corrected chi connectivity index (χ2v) is 55.8. The summed E-state index contributed by atoms with van der Waals surface area (Å²) in [4.78, 5) is 0. The molecule has 2 unspecified atom stereocenters. The molecule has 0 radical (unpaired) electrons. The first-order valence-corrected chi connectivity index (χ1v) is 36.6. The number of hydrogen-bond donors (Lipinski definition) is 0. The Morgan fingerprint density at radius 1 is 0.533 bits per heavy atom. The minimum atomic E-state index is -5.55. The van der Waals surface area contributed by atoms with Gasteiger partial charge in [0.2, 0.25) is 0 Å². The number of hydrogen-bond acceptors (Lipinski definition) is 2. The van der Waals surface area contributed by atoms with Crippen LogP contribution in [0, 0.1) is 13.8 Å². The molecule has 2 aromatic heterocycles. The van der Waals surface area contributed by atoms with Crippen LogP contribution in [0.2, 0.25) is 13.1 Å². The van der Waals surface area contributed by atoms with Gasteiger partial charge >= 0.3 is 364 Å². The molecule has 6 aromatic carbocycles. The molecule has 0 amide bonds. The van der Waals surface area contributed by atoms with Crippen LogP contribution in [0.25, 0.3) is 67.1 Å². The summed E-state index contributed by atoms with van der Waals surface area (Å²) in [6.07, 6.45) is 10.5. The van der Waals surface area contributed by atoms with E-state index in [4.69, 9.17) is 8.83 Å². The molecule has 2 nitrogen and oxygen atoms in total. The van der Waals surface area contributed by atoms with E-state index in [9.17, 15) is 17.0 Å². The van der Waals surface area contributed by atoms with E-state index in [1.807, 2.05) is 12.5 Å².